The van der Waals surface area contributed by atoms with Crippen molar-refractivity contribution in [1.82, 2.24) is 0 Å². The lowest BCUT2D eigenvalue weighted by Gasteiger charge is -2.20. The zero-order valence-electron chi connectivity index (χ0n) is 8.34. The van der Waals surface area contributed by atoms with E-state index in [-0.39, 0.29) is 0 Å². The summed E-state index contributed by atoms with van der Waals surface area (Å²) in [5, 5.41) is 4.22. The molecule has 0 aromatic heterocycles. The summed E-state index contributed by atoms with van der Waals surface area (Å²) in [6.07, 6.45) is 8.12. The minimum Gasteiger partial charge on any atom is -0.378 e. The summed E-state index contributed by atoms with van der Waals surface area (Å²) in [6, 6.07) is 6.32. The second kappa shape index (κ2) is 5.04. The van der Waals surface area contributed by atoms with E-state index in [4.69, 9.17) is 11.6 Å². The van der Waals surface area contributed by atoms with Gasteiger partial charge in [-0.25, -0.2) is 0 Å². The Kier molecular flexibility index (Phi) is 3.71. The number of anilines is 1. The first-order valence-electron chi connectivity index (χ1n) is 5.14. The van der Waals surface area contributed by atoms with Gasteiger partial charge in [-0.1, -0.05) is 29.8 Å². The monoisotopic (exact) mass is 285 g/mol. The van der Waals surface area contributed by atoms with Gasteiger partial charge in [-0.3, -0.25) is 0 Å². The normalized spacial score (nSPS) is 20.3. The molecule has 0 radical (unpaired) electrons. The molecule has 0 saturated heterocycles. The average molecular weight is 287 g/mol. The third-order valence-electron chi connectivity index (χ3n) is 2.55. The molecular formula is C12H13BrClN. The molecule has 0 heterocycles. The summed E-state index contributed by atoms with van der Waals surface area (Å²) in [4.78, 5) is 0. The molecule has 0 bridgehead atoms. The molecule has 3 heteroatoms. The molecule has 0 saturated carbocycles. The highest BCUT2D eigenvalue weighted by Gasteiger charge is 2.10. The van der Waals surface area contributed by atoms with Gasteiger partial charge in [0.25, 0.3) is 0 Å². The van der Waals surface area contributed by atoms with Gasteiger partial charge in [-0.2, -0.15) is 0 Å². The highest BCUT2D eigenvalue weighted by Crippen LogP contribution is 2.31. The molecule has 0 amide bonds. The molecule has 1 aromatic rings. The molecule has 0 fully saturated rings. The van der Waals surface area contributed by atoms with Crippen molar-refractivity contribution in [1.29, 1.82) is 0 Å². The smallest absolute Gasteiger partial charge is 0.0593 e. The minimum absolute atomic E-state index is 0.438. The van der Waals surface area contributed by atoms with E-state index in [1.54, 1.807) is 0 Å². The van der Waals surface area contributed by atoms with Crippen LogP contribution in [0.2, 0.25) is 5.02 Å². The number of hydrogen-bond acceptors (Lipinski definition) is 1. The zero-order chi connectivity index (χ0) is 10.7. The first kappa shape index (κ1) is 11.0. The molecule has 1 aliphatic rings. The van der Waals surface area contributed by atoms with Crippen molar-refractivity contribution >= 4 is 33.2 Å². The first-order chi connectivity index (χ1) is 7.27. The molecular weight excluding hydrogens is 273 g/mol. The fraction of sp³-hybridized carbons (Fsp3) is 0.333. The third kappa shape index (κ3) is 2.76. The number of halogens is 2. The Bertz CT molecular complexity index is 376. The fourth-order valence-corrected chi connectivity index (χ4v) is 2.30. The number of rotatable bonds is 2. The van der Waals surface area contributed by atoms with Crippen molar-refractivity contribution in [2.45, 2.75) is 25.3 Å². The Morgan fingerprint density at radius 1 is 1.40 bits per heavy atom. The van der Waals surface area contributed by atoms with Crippen molar-refractivity contribution in [3.8, 4) is 0 Å². The number of hydrogen-bond donors (Lipinski definition) is 1. The van der Waals surface area contributed by atoms with Crippen LogP contribution in [0.15, 0.2) is 34.8 Å². The Morgan fingerprint density at radius 2 is 2.27 bits per heavy atom. The molecule has 1 nitrogen and oxygen atoms in total. The molecule has 1 unspecified atom stereocenters. The lowest BCUT2D eigenvalue weighted by molar-refractivity contribution is 0.673. The molecule has 80 valence electrons. The SMILES string of the molecule is Clc1cccc(NC2C=CCCC2)c1Br. The molecule has 1 N–H and O–H groups in total. The maximum Gasteiger partial charge on any atom is 0.0593 e. The van der Waals surface area contributed by atoms with Crippen LogP contribution in [0.25, 0.3) is 0 Å². The van der Waals surface area contributed by atoms with Gasteiger partial charge in [-0.15, -0.1) is 0 Å². The second-order valence-corrected chi connectivity index (χ2v) is 4.91. The number of benzene rings is 1. The second-order valence-electron chi connectivity index (χ2n) is 3.71. The summed E-state index contributed by atoms with van der Waals surface area (Å²) >= 11 is 9.52. The van der Waals surface area contributed by atoms with E-state index in [2.05, 4.69) is 33.4 Å². The van der Waals surface area contributed by atoms with Gasteiger partial charge in [0.15, 0.2) is 0 Å². The lowest BCUT2D eigenvalue weighted by Crippen LogP contribution is -2.18. The topological polar surface area (TPSA) is 12.0 Å². The summed E-state index contributed by atoms with van der Waals surface area (Å²) in [5.41, 5.74) is 1.07. The van der Waals surface area contributed by atoms with Crippen molar-refractivity contribution in [3.63, 3.8) is 0 Å². The van der Waals surface area contributed by atoms with E-state index in [0.29, 0.717) is 6.04 Å². The molecule has 1 aromatic carbocycles. The van der Waals surface area contributed by atoms with Crippen LogP contribution in [0, 0.1) is 0 Å². The quantitative estimate of drug-likeness (QED) is 0.782. The summed E-state index contributed by atoms with van der Waals surface area (Å²) in [5.74, 6) is 0. The van der Waals surface area contributed by atoms with Crippen LogP contribution in [0.1, 0.15) is 19.3 Å². The summed E-state index contributed by atoms with van der Waals surface area (Å²) in [6.45, 7) is 0. The summed E-state index contributed by atoms with van der Waals surface area (Å²) < 4.78 is 0.950. The number of nitrogens with one attached hydrogen (secondary N) is 1. The molecule has 0 spiro atoms. The maximum absolute atomic E-state index is 6.03. The minimum atomic E-state index is 0.438. The highest BCUT2D eigenvalue weighted by atomic mass is 79.9. The fourth-order valence-electron chi connectivity index (χ4n) is 1.75. The van der Waals surface area contributed by atoms with Gasteiger partial charge < -0.3 is 5.32 Å². The van der Waals surface area contributed by atoms with E-state index < -0.39 is 0 Å². The molecule has 2 rings (SSSR count). The Hall–Kier alpha value is -0.470. The average Bonchev–Trinajstić information content (AvgIpc) is 2.26. The van der Waals surface area contributed by atoms with Crippen molar-refractivity contribution in [3.05, 3.63) is 39.8 Å². The van der Waals surface area contributed by atoms with E-state index in [1.165, 1.54) is 19.3 Å². The highest BCUT2D eigenvalue weighted by molar-refractivity contribution is 9.10. The van der Waals surface area contributed by atoms with Crippen LogP contribution >= 0.6 is 27.5 Å². The Balaban J connectivity index is 2.13. The van der Waals surface area contributed by atoms with Crippen molar-refractivity contribution in [2.24, 2.45) is 0 Å². The van der Waals surface area contributed by atoms with Gasteiger partial charge in [0.05, 0.1) is 15.2 Å². The predicted molar refractivity (Wildman–Crippen MR) is 69.6 cm³/mol. The largest absolute Gasteiger partial charge is 0.378 e. The standard InChI is InChI=1S/C12H13BrClN/c13-12-10(14)7-4-8-11(12)15-9-5-2-1-3-6-9/h2,4-5,7-9,15H,1,3,6H2. The van der Waals surface area contributed by atoms with Gasteiger partial charge >= 0.3 is 0 Å². The molecule has 1 atom stereocenters. The van der Waals surface area contributed by atoms with Crippen LogP contribution in [-0.4, -0.2) is 6.04 Å². The van der Waals surface area contributed by atoms with Crippen LogP contribution in [0.4, 0.5) is 5.69 Å². The molecule has 1 aliphatic carbocycles. The Morgan fingerprint density at radius 3 is 3.00 bits per heavy atom. The molecule has 15 heavy (non-hydrogen) atoms. The lowest BCUT2D eigenvalue weighted by atomic mass is 10.0. The number of allylic oxidation sites excluding steroid dienone is 1. The van der Waals surface area contributed by atoms with Gasteiger partial charge in [0, 0.05) is 6.04 Å². The van der Waals surface area contributed by atoms with Crippen LogP contribution in [0.3, 0.4) is 0 Å². The zero-order valence-corrected chi connectivity index (χ0v) is 10.7. The Labute approximate surface area is 104 Å². The third-order valence-corrected chi connectivity index (χ3v) is 3.94. The van der Waals surface area contributed by atoms with Crippen molar-refractivity contribution < 1.29 is 0 Å². The first-order valence-corrected chi connectivity index (χ1v) is 6.31. The van der Waals surface area contributed by atoms with Crippen LogP contribution in [0.5, 0.6) is 0 Å². The van der Waals surface area contributed by atoms with E-state index in [0.717, 1.165) is 15.2 Å². The maximum atomic E-state index is 6.03. The van der Waals surface area contributed by atoms with Gasteiger partial charge in [-0.05, 0) is 47.3 Å². The van der Waals surface area contributed by atoms with Gasteiger partial charge in [0.2, 0.25) is 0 Å². The molecule has 0 aliphatic heterocycles. The van der Waals surface area contributed by atoms with Crippen LogP contribution in [-0.2, 0) is 0 Å². The van der Waals surface area contributed by atoms with Crippen molar-refractivity contribution in [2.75, 3.05) is 5.32 Å². The van der Waals surface area contributed by atoms with Crippen LogP contribution < -0.4 is 5.32 Å². The van der Waals surface area contributed by atoms with Gasteiger partial charge in [0.1, 0.15) is 0 Å². The van der Waals surface area contributed by atoms with E-state index in [9.17, 15) is 0 Å². The summed E-state index contributed by atoms with van der Waals surface area (Å²) in [7, 11) is 0. The predicted octanol–water partition coefficient (Wildman–Crippen LogP) is 4.62. The van der Waals surface area contributed by atoms with E-state index in [1.807, 2.05) is 18.2 Å². The van der Waals surface area contributed by atoms with E-state index >= 15 is 0 Å².